The molecule has 0 aromatic heterocycles. The number of aliphatic hydroxyl groups is 1. The standard InChI is InChI=1S/C10H19NO5/c1-15-9(13)4-2-3-5-10(14)16-7-8(12)6-11/h8,12H,2-7,11H2,1H3. The van der Waals surface area contributed by atoms with Gasteiger partial charge in [0.2, 0.25) is 0 Å². The van der Waals surface area contributed by atoms with E-state index in [-0.39, 0.29) is 25.5 Å². The minimum Gasteiger partial charge on any atom is -0.469 e. The minimum atomic E-state index is -0.806. The summed E-state index contributed by atoms with van der Waals surface area (Å²) in [5.41, 5.74) is 5.14. The summed E-state index contributed by atoms with van der Waals surface area (Å²) >= 11 is 0. The summed E-state index contributed by atoms with van der Waals surface area (Å²) in [6.45, 7) is -0.0119. The Bertz CT molecular complexity index is 219. The molecular formula is C10H19NO5. The molecule has 6 heteroatoms. The normalized spacial score (nSPS) is 11.9. The number of ether oxygens (including phenoxy) is 2. The van der Waals surface area contributed by atoms with Gasteiger partial charge in [-0.15, -0.1) is 0 Å². The number of methoxy groups -OCH3 is 1. The molecule has 0 saturated carbocycles. The van der Waals surface area contributed by atoms with Crippen LogP contribution >= 0.6 is 0 Å². The average Bonchev–Trinajstić information content (AvgIpc) is 2.31. The van der Waals surface area contributed by atoms with Crippen molar-refractivity contribution in [3.05, 3.63) is 0 Å². The van der Waals surface area contributed by atoms with Gasteiger partial charge in [-0.2, -0.15) is 0 Å². The maximum Gasteiger partial charge on any atom is 0.305 e. The fraction of sp³-hybridized carbons (Fsp3) is 0.800. The van der Waals surface area contributed by atoms with Crippen LogP contribution in [0.25, 0.3) is 0 Å². The highest BCUT2D eigenvalue weighted by Crippen LogP contribution is 2.02. The number of aliphatic hydroxyl groups excluding tert-OH is 1. The SMILES string of the molecule is COC(=O)CCCCC(=O)OCC(O)CN. The minimum absolute atomic E-state index is 0.0651. The molecule has 1 unspecified atom stereocenters. The highest BCUT2D eigenvalue weighted by atomic mass is 16.5. The molecule has 0 spiro atoms. The number of unbranched alkanes of at least 4 members (excludes halogenated alkanes) is 1. The van der Waals surface area contributed by atoms with Crippen LogP contribution in [-0.4, -0.2) is 43.4 Å². The summed E-state index contributed by atoms with van der Waals surface area (Å²) in [6, 6.07) is 0. The topological polar surface area (TPSA) is 98.9 Å². The predicted octanol–water partition coefficient (Wildman–Crippen LogP) is -0.417. The van der Waals surface area contributed by atoms with Crippen LogP contribution in [0.4, 0.5) is 0 Å². The van der Waals surface area contributed by atoms with Crippen molar-refractivity contribution >= 4 is 11.9 Å². The van der Waals surface area contributed by atoms with Gasteiger partial charge in [0.1, 0.15) is 12.7 Å². The van der Waals surface area contributed by atoms with Gasteiger partial charge in [-0.3, -0.25) is 9.59 Å². The van der Waals surface area contributed by atoms with E-state index in [1.165, 1.54) is 7.11 Å². The van der Waals surface area contributed by atoms with Gasteiger partial charge in [0.25, 0.3) is 0 Å². The molecule has 0 bridgehead atoms. The van der Waals surface area contributed by atoms with Crippen LogP contribution in [-0.2, 0) is 19.1 Å². The number of carbonyl (C=O) groups excluding carboxylic acids is 2. The number of hydrogen-bond donors (Lipinski definition) is 2. The van der Waals surface area contributed by atoms with Crippen molar-refractivity contribution in [1.82, 2.24) is 0 Å². The molecule has 0 fully saturated rings. The summed E-state index contributed by atoms with van der Waals surface area (Å²) in [5, 5.41) is 9.02. The van der Waals surface area contributed by atoms with Crippen LogP contribution in [0.5, 0.6) is 0 Å². The van der Waals surface area contributed by atoms with E-state index in [1.54, 1.807) is 0 Å². The number of rotatable bonds is 8. The lowest BCUT2D eigenvalue weighted by atomic mass is 10.2. The lowest BCUT2D eigenvalue weighted by Crippen LogP contribution is -2.26. The second kappa shape index (κ2) is 9.11. The highest BCUT2D eigenvalue weighted by molar-refractivity contribution is 5.70. The van der Waals surface area contributed by atoms with Crippen LogP contribution in [0, 0.1) is 0 Å². The van der Waals surface area contributed by atoms with Gasteiger partial charge < -0.3 is 20.3 Å². The van der Waals surface area contributed by atoms with Crippen LogP contribution in [0.2, 0.25) is 0 Å². The predicted molar refractivity (Wildman–Crippen MR) is 56.5 cm³/mol. The fourth-order valence-corrected chi connectivity index (χ4v) is 0.970. The third-order valence-electron chi connectivity index (χ3n) is 1.95. The van der Waals surface area contributed by atoms with E-state index in [0.717, 1.165) is 0 Å². The number of carbonyl (C=O) groups is 2. The molecule has 1 atom stereocenters. The Morgan fingerprint density at radius 3 is 2.31 bits per heavy atom. The molecule has 0 radical (unpaired) electrons. The Labute approximate surface area is 94.7 Å². The molecule has 3 N–H and O–H groups in total. The van der Waals surface area contributed by atoms with Crippen molar-refractivity contribution in [1.29, 1.82) is 0 Å². The van der Waals surface area contributed by atoms with E-state index >= 15 is 0 Å². The Balaban J connectivity index is 3.40. The van der Waals surface area contributed by atoms with E-state index in [9.17, 15) is 9.59 Å². The summed E-state index contributed by atoms with van der Waals surface area (Å²) in [5.74, 6) is -0.677. The molecule has 0 aliphatic heterocycles. The fourth-order valence-electron chi connectivity index (χ4n) is 0.970. The zero-order valence-corrected chi connectivity index (χ0v) is 9.48. The molecule has 0 saturated heterocycles. The maximum atomic E-state index is 11.1. The molecule has 0 aromatic rings. The zero-order valence-electron chi connectivity index (χ0n) is 9.48. The van der Waals surface area contributed by atoms with Crippen molar-refractivity contribution in [3.63, 3.8) is 0 Å². The second-order valence-corrected chi connectivity index (χ2v) is 3.36. The third-order valence-corrected chi connectivity index (χ3v) is 1.95. The van der Waals surface area contributed by atoms with E-state index in [2.05, 4.69) is 4.74 Å². The summed E-state index contributed by atoms with van der Waals surface area (Å²) in [4.78, 5) is 21.8. The largest absolute Gasteiger partial charge is 0.469 e. The molecule has 94 valence electrons. The first-order valence-corrected chi connectivity index (χ1v) is 5.20. The maximum absolute atomic E-state index is 11.1. The van der Waals surface area contributed by atoms with Gasteiger partial charge in [-0.1, -0.05) is 0 Å². The summed E-state index contributed by atoms with van der Waals surface area (Å²) in [7, 11) is 1.32. The Morgan fingerprint density at radius 1 is 1.25 bits per heavy atom. The molecule has 0 heterocycles. The molecular weight excluding hydrogens is 214 g/mol. The van der Waals surface area contributed by atoms with Gasteiger partial charge >= 0.3 is 11.9 Å². The highest BCUT2D eigenvalue weighted by Gasteiger charge is 2.07. The van der Waals surface area contributed by atoms with E-state index in [4.69, 9.17) is 15.6 Å². The molecule has 0 aromatic carbocycles. The lowest BCUT2D eigenvalue weighted by molar-refractivity contribution is -0.147. The summed E-state index contributed by atoms with van der Waals surface area (Å²) in [6.07, 6.45) is 0.871. The van der Waals surface area contributed by atoms with Gasteiger partial charge in [0.05, 0.1) is 7.11 Å². The Kier molecular flexibility index (Phi) is 8.46. The molecule has 0 rings (SSSR count). The Morgan fingerprint density at radius 2 is 1.81 bits per heavy atom. The molecule has 6 nitrogen and oxygen atoms in total. The average molecular weight is 233 g/mol. The van der Waals surface area contributed by atoms with Crippen LogP contribution < -0.4 is 5.73 Å². The van der Waals surface area contributed by atoms with Gasteiger partial charge in [0.15, 0.2) is 0 Å². The quantitative estimate of drug-likeness (QED) is 0.436. The van der Waals surface area contributed by atoms with Crippen molar-refractivity contribution < 1.29 is 24.2 Å². The second-order valence-electron chi connectivity index (χ2n) is 3.36. The first kappa shape index (κ1) is 14.9. The van der Waals surface area contributed by atoms with Crippen molar-refractivity contribution in [2.75, 3.05) is 20.3 Å². The van der Waals surface area contributed by atoms with Crippen LogP contribution in [0.15, 0.2) is 0 Å². The number of esters is 2. The van der Waals surface area contributed by atoms with E-state index in [0.29, 0.717) is 19.3 Å². The van der Waals surface area contributed by atoms with Crippen molar-refractivity contribution in [2.45, 2.75) is 31.8 Å². The van der Waals surface area contributed by atoms with E-state index in [1.807, 2.05) is 0 Å². The van der Waals surface area contributed by atoms with Gasteiger partial charge in [-0.25, -0.2) is 0 Å². The van der Waals surface area contributed by atoms with Crippen LogP contribution in [0.3, 0.4) is 0 Å². The molecule has 0 aliphatic rings. The van der Waals surface area contributed by atoms with Crippen molar-refractivity contribution in [3.8, 4) is 0 Å². The summed E-state index contributed by atoms with van der Waals surface area (Å²) < 4.78 is 9.19. The number of hydrogen-bond acceptors (Lipinski definition) is 6. The molecule has 16 heavy (non-hydrogen) atoms. The zero-order chi connectivity index (χ0) is 12.4. The monoisotopic (exact) mass is 233 g/mol. The number of nitrogens with two attached hydrogens (primary N) is 1. The van der Waals surface area contributed by atoms with E-state index < -0.39 is 12.1 Å². The van der Waals surface area contributed by atoms with Gasteiger partial charge in [-0.05, 0) is 12.8 Å². The first-order valence-electron chi connectivity index (χ1n) is 5.20. The third kappa shape index (κ3) is 8.19. The first-order chi connectivity index (χ1) is 7.60. The van der Waals surface area contributed by atoms with Crippen molar-refractivity contribution in [2.24, 2.45) is 5.73 Å². The van der Waals surface area contributed by atoms with Gasteiger partial charge in [0, 0.05) is 19.4 Å². The molecule has 0 aliphatic carbocycles. The lowest BCUT2D eigenvalue weighted by Gasteiger charge is -2.08. The smallest absolute Gasteiger partial charge is 0.305 e. The van der Waals surface area contributed by atoms with Crippen LogP contribution in [0.1, 0.15) is 25.7 Å². The molecule has 0 amide bonds. The Hall–Kier alpha value is -1.14.